The van der Waals surface area contributed by atoms with Gasteiger partial charge in [-0.1, -0.05) is 12.1 Å². The topological polar surface area (TPSA) is 62.3 Å². The van der Waals surface area contributed by atoms with Gasteiger partial charge in [-0.3, -0.25) is 5.41 Å². The number of likely N-dealkylation sites (N-methyl/N-ethyl adjacent to an activating group) is 1. The Kier molecular flexibility index (Phi) is 4.52. The van der Waals surface area contributed by atoms with E-state index in [2.05, 4.69) is 4.90 Å². The van der Waals surface area contributed by atoms with Gasteiger partial charge in [-0.15, -0.1) is 0 Å². The van der Waals surface area contributed by atoms with Crippen LogP contribution in [-0.4, -0.2) is 32.6 Å². The number of rotatable bonds is 5. The minimum atomic E-state index is 0.0978. The average molecular weight is 235 g/mol. The molecule has 17 heavy (non-hydrogen) atoms. The molecule has 4 nitrogen and oxygen atoms in total. The van der Waals surface area contributed by atoms with Gasteiger partial charge in [0.2, 0.25) is 0 Å². The molecule has 0 heterocycles. The molecule has 0 aliphatic carbocycles. The van der Waals surface area contributed by atoms with Crippen LogP contribution in [0.25, 0.3) is 0 Å². The molecule has 4 heteroatoms. The lowest BCUT2D eigenvalue weighted by molar-refractivity contribution is 0.124. The minimum absolute atomic E-state index is 0.0978. The second-order valence-corrected chi connectivity index (χ2v) is 4.31. The lowest BCUT2D eigenvalue weighted by Crippen LogP contribution is -2.30. The third kappa shape index (κ3) is 3.20. The number of nitrogens with one attached hydrogen (secondary N) is 1. The molecule has 0 saturated heterocycles. The summed E-state index contributed by atoms with van der Waals surface area (Å²) in [6.45, 7) is 4.81. The van der Waals surface area contributed by atoms with E-state index in [-0.39, 0.29) is 11.9 Å². The number of nitrogen functional groups attached to an aromatic ring is 1. The van der Waals surface area contributed by atoms with Crippen LogP contribution in [0, 0.1) is 12.3 Å². The third-order valence-electron chi connectivity index (χ3n) is 2.84. The fraction of sp³-hybridized carbons (Fsp3) is 0.462. The minimum Gasteiger partial charge on any atom is -0.384 e. The van der Waals surface area contributed by atoms with E-state index in [4.69, 9.17) is 15.9 Å². The summed E-state index contributed by atoms with van der Waals surface area (Å²) in [5, 5.41) is 7.61. The van der Waals surface area contributed by atoms with E-state index in [1.807, 2.05) is 39.1 Å². The van der Waals surface area contributed by atoms with Crippen LogP contribution in [0.15, 0.2) is 18.2 Å². The lowest BCUT2D eigenvalue weighted by atomic mass is 10.1. The van der Waals surface area contributed by atoms with Gasteiger partial charge < -0.3 is 15.4 Å². The summed E-state index contributed by atoms with van der Waals surface area (Å²) in [5.74, 6) is 0.0978. The fourth-order valence-corrected chi connectivity index (χ4v) is 1.93. The van der Waals surface area contributed by atoms with Gasteiger partial charge in [0.25, 0.3) is 0 Å². The first kappa shape index (κ1) is 13.5. The van der Waals surface area contributed by atoms with Crippen LogP contribution in [-0.2, 0) is 4.74 Å². The quantitative estimate of drug-likeness (QED) is 0.603. The van der Waals surface area contributed by atoms with Gasteiger partial charge in [0.15, 0.2) is 0 Å². The Labute approximate surface area is 103 Å². The molecule has 3 N–H and O–H groups in total. The van der Waals surface area contributed by atoms with Crippen LogP contribution in [0.1, 0.15) is 18.1 Å². The van der Waals surface area contributed by atoms with Crippen LogP contribution < -0.4 is 10.6 Å². The molecular formula is C13H21N3O. The summed E-state index contributed by atoms with van der Waals surface area (Å²) >= 11 is 0. The zero-order valence-electron chi connectivity index (χ0n) is 10.9. The number of hydrogen-bond donors (Lipinski definition) is 2. The second kappa shape index (κ2) is 5.68. The van der Waals surface area contributed by atoms with E-state index in [0.29, 0.717) is 0 Å². The molecule has 0 bridgehead atoms. The monoisotopic (exact) mass is 235 g/mol. The maximum atomic E-state index is 7.61. The van der Waals surface area contributed by atoms with Crippen LogP contribution in [0.2, 0.25) is 0 Å². The number of nitrogens with two attached hydrogens (primary N) is 1. The molecule has 0 radical (unpaired) electrons. The largest absolute Gasteiger partial charge is 0.384 e. The Hall–Kier alpha value is -1.55. The molecule has 94 valence electrons. The average Bonchev–Trinajstić information content (AvgIpc) is 2.28. The predicted molar refractivity (Wildman–Crippen MR) is 71.9 cm³/mol. The molecule has 1 unspecified atom stereocenters. The molecule has 0 saturated carbocycles. The molecule has 0 amide bonds. The van der Waals surface area contributed by atoms with Crippen LogP contribution in [0.3, 0.4) is 0 Å². The number of methoxy groups -OCH3 is 1. The Morgan fingerprint density at radius 3 is 2.71 bits per heavy atom. The van der Waals surface area contributed by atoms with Crippen molar-refractivity contribution in [1.82, 2.24) is 0 Å². The van der Waals surface area contributed by atoms with Crippen molar-refractivity contribution < 1.29 is 4.74 Å². The molecule has 0 fully saturated rings. The second-order valence-electron chi connectivity index (χ2n) is 4.31. The standard InChI is InChI=1S/C13H21N3O/c1-9-6-5-7-11(13(14)15)12(9)16(3)8-10(2)17-4/h5-7,10H,8H2,1-4H3,(H3,14,15). The molecule has 1 aromatic rings. The van der Waals surface area contributed by atoms with Crippen LogP contribution >= 0.6 is 0 Å². The van der Waals surface area contributed by atoms with Crippen molar-refractivity contribution in [2.24, 2.45) is 5.73 Å². The molecule has 0 spiro atoms. The van der Waals surface area contributed by atoms with Gasteiger partial charge in [-0.2, -0.15) is 0 Å². The normalized spacial score (nSPS) is 12.2. The molecule has 1 rings (SSSR count). The molecule has 0 aliphatic rings. The smallest absolute Gasteiger partial charge is 0.124 e. The van der Waals surface area contributed by atoms with Gasteiger partial charge >= 0.3 is 0 Å². The van der Waals surface area contributed by atoms with Crippen molar-refractivity contribution in [3.8, 4) is 0 Å². The molecule has 0 aliphatic heterocycles. The van der Waals surface area contributed by atoms with E-state index in [9.17, 15) is 0 Å². The van der Waals surface area contributed by atoms with Gasteiger partial charge in [0, 0.05) is 26.3 Å². The number of para-hydroxylation sites is 1. The predicted octanol–water partition coefficient (Wildman–Crippen LogP) is 1.75. The van der Waals surface area contributed by atoms with Gasteiger partial charge in [-0.05, 0) is 25.5 Å². The summed E-state index contributed by atoms with van der Waals surface area (Å²) < 4.78 is 5.26. The number of benzene rings is 1. The Morgan fingerprint density at radius 1 is 1.53 bits per heavy atom. The zero-order chi connectivity index (χ0) is 13.0. The van der Waals surface area contributed by atoms with E-state index in [1.165, 1.54) is 0 Å². The Bertz CT molecular complexity index is 404. The third-order valence-corrected chi connectivity index (χ3v) is 2.84. The van der Waals surface area contributed by atoms with Crippen molar-refractivity contribution in [1.29, 1.82) is 5.41 Å². The highest BCUT2D eigenvalue weighted by Gasteiger charge is 2.14. The maximum absolute atomic E-state index is 7.61. The first-order chi connectivity index (χ1) is 7.97. The van der Waals surface area contributed by atoms with E-state index in [1.54, 1.807) is 7.11 Å². The van der Waals surface area contributed by atoms with Crippen LogP contribution in [0.5, 0.6) is 0 Å². The van der Waals surface area contributed by atoms with Gasteiger partial charge in [-0.25, -0.2) is 0 Å². The van der Waals surface area contributed by atoms with Gasteiger partial charge in [0.05, 0.1) is 11.8 Å². The van der Waals surface area contributed by atoms with Crippen molar-refractivity contribution in [3.05, 3.63) is 29.3 Å². The van der Waals surface area contributed by atoms with Crippen molar-refractivity contribution >= 4 is 11.5 Å². The zero-order valence-corrected chi connectivity index (χ0v) is 10.9. The lowest BCUT2D eigenvalue weighted by Gasteiger charge is -2.26. The van der Waals surface area contributed by atoms with Gasteiger partial charge in [0.1, 0.15) is 5.84 Å². The van der Waals surface area contributed by atoms with E-state index < -0.39 is 0 Å². The summed E-state index contributed by atoms with van der Waals surface area (Å²) in [6.07, 6.45) is 0.138. The number of anilines is 1. The van der Waals surface area contributed by atoms with Crippen molar-refractivity contribution in [2.45, 2.75) is 20.0 Å². The highest BCUT2D eigenvalue weighted by Crippen LogP contribution is 2.24. The Morgan fingerprint density at radius 2 is 2.18 bits per heavy atom. The highest BCUT2D eigenvalue weighted by molar-refractivity contribution is 6.01. The number of hydrogen-bond acceptors (Lipinski definition) is 3. The summed E-state index contributed by atoms with van der Waals surface area (Å²) in [6, 6.07) is 5.82. The maximum Gasteiger partial charge on any atom is 0.124 e. The molecular weight excluding hydrogens is 214 g/mol. The number of amidine groups is 1. The summed E-state index contributed by atoms with van der Waals surface area (Å²) in [4.78, 5) is 2.08. The van der Waals surface area contributed by atoms with E-state index in [0.717, 1.165) is 23.4 Å². The highest BCUT2D eigenvalue weighted by atomic mass is 16.5. The number of aryl methyl sites for hydroxylation is 1. The molecule has 1 aromatic carbocycles. The van der Waals surface area contributed by atoms with Crippen LogP contribution in [0.4, 0.5) is 5.69 Å². The van der Waals surface area contributed by atoms with Crippen molar-refractivity contribution in [2.75, 3.05) is 25.6 Å². The Balaban J connectivity index is 3.06. The summed E-state index contributed by atoms with van der Waals surface area (Å²) in [5.41, 5.74) is 8.50. The number of ether oxygens (including phenoxy) is 1. The first-order valence-corrected chi connectivity index (χ1v) is 5.65. The fourth-order valence-electron chi connectivity index (χ4n) is 1.93. The summed E-state index contributed by atoms with van der Waals surface area (Å²) in [7, 11) is 3.69. The number of nitrogens with zero attached hydrogens (tertiary/aromatic N) is 1. The van der Waals surface area contributed by atoms with Crippen molar-refractivity contribution in [3.63, 3.8) is 0 Å². The molecule has 0 aromatic heterocycles. The van der Waals surface area contributed by atoms with E-state index >= 15 is 0 Å². The molecule has 1 atom stereocenters. The SMILES string of the molecule is COC(C)CN(C)c1c(C)cccc1C(=N)N. The first-order valence-electron chi connectivity index (χ1n) is 5.65.